The second kappa shape index (κ2) is 17.2. The number of hydrogen-bond acceptors (Lipinski definition) is 9. The van der Waals surface area contributed by atoms with E-state index in [1.54, 1.807) is 42.5 Å². The number of nitrogens with zero attached hydrogens (tertiary/aromatic N) is 3. The Kier molecular flexibility index (Phi) is 12.5. The van der Waals surface area contributed by atoms with Crippen molar-refractivity contribution in [3.63, 3.8) is 0 Å². The van der Waals surface area contributed by atoms with Crippen molar-refractivity contribution in [3.05, 3.63) is 54.6 Å². The topological polar surface area (TPSA) is 116 Å². The van der Waals surface area contributed by atoms with Crippen molar-refractivity contribution >= 4 is 0 Å². The molecule has 0 unspecified atom stereocenters. The van der Waals surface area contributed by atoms with Crippen molar-refractivity contribution in [2.24, 2.45) is 0 Å². The highest BCUT2D eigenvalue weighted by Crippen LogP contribution is 2.38. The fourth-order valence-electron chi connectivity index (χ4n) is 4.30. The van der Waals surface area contributed by atoms with E-state index < -0.39 is 0 Å². The predicted molar refractivity (Wildman–Crippen MR) is 178 cm³/mol. The van der Waals surface area contributed by atoms with Crippen LogP contribution in [0.15, 0.2) is 54.6 Å². The van der Waals surface area contributed by atoms with E-state index in [4.69, 9.17) is 35.3 Å². The van der Waals surface area contributed by atoms with Gasteiger partial charge in [0.15, 0.2) is 17.5 Å². The molecule has 0 bridgehead atoms. The van der Waals surface area contributed by atoms with Crippen molar-refractivity contribution in [2.75, 3.05) is 19.8 Å². The fourth-order valence-corrected chi connectivity index (χ4v) is 4.30. The Morgan fingerprint density at radius 2 is 1.07 bits per heavy atom. The molecule has 0 amide bonds. The Hall–Kier alpha value is -5.41. The average molecular weight is 622 g/mol. The van der Waals surface area contributed by atoms with E-state index in [1.807, 2.05) is 0 Å². The lowest BCUT2D eigenvalue weighted by molar-refractivity contribution is 0.307. The van der Waals surface area contributed by atoms with Gasteiger partial charge in [-0.05, 0) is 61.6 Å². The highest BCUT2D eigenvalue weighted by molar-refractivity contribution is 5.74. The molecular weight excluding hydrogens is 582 g/mol. The summed E-state index contributed by atoms with van der Waals surface area (Å²) in [6.45, 7) is 7.78. The Labute approximate surface area is 270 Å². The van der Waals surface area contributed by atoms with Crippen LogP contribution in [-0.4, -0.2) is 45.0 Å². The molecule has 0 atom stereocenters. The number of ether oxygens (including phenoxy) is 4. The maximum Gasteiger partial charge on any atom is 0.167 e. The van der Waals surface area contributed by atoms with Gasteiger partial charge < -0.3 is 29.2 Å². The number of benzene rings is 3. The molecule has 4 rings (SSSR count). The number of terminal acetylenes is 1. The molecule has 0 aliphatic heterocycles. The molecule has 4 aromatic rings. The normalized spacial score (nSPS) is 10.4. The number of aromatic hydroxyl groups is 2. The third-order valence-electron chi connectivity index (χ3n) is 6.83. The summed E-state index contributed by atoms with van der Waals surface area (Å²) in [4.78, 5) is 14.2. The lowest BCUT2D eigenvalue weighted by Crippen LogP contribution is -2.04. The molecule has 0 saturated carbocycles. The van der Waals surface area contributed by atoms with Crippen LogP contribution in [0.2, 0.25) is 0 Å². The smallest absolute Gasteiger partial charge is 0.167 e. The van der Waals surface area contributed by atoms with Crippen molar-refractivity contribution in [3.8, 4) is 93.0 Å². The summed E-state index contributed by atoms with van der Waals surface area (Å²) < 4.78 is 23.1. The first-order valence-corrected chi connectivity index (χ1v) is 15.5. The van der Waals surface area contributed by atoms with Gasteiger partial charge >= 0.3 is 0 Å². The molecule has 2 N–H and O–H groups in total. The minimum absolute atomic E-state index is 0.0590. The number of rotatable bonds is 16. The molecule has 0 aliphatic carbocycles. The average Bonchev–Trinajstić information content (AvgIpc) is 3.05. The first kappa shape index (κ1) is 33.5. The Bertz CT molecular complexity index is 1640. The Morgan fingerprint density at radius 1 is 0.609 bits per heavy atom. The molecule has 238 valence electrons. The summed E-state index contributed by atoms with van der Waals surface area (Å²) in [7, 11) is 0. The molecule has 0 radical (unpaired) electrons. The van der Waals surface area contributed by atoms with Gasteiger partial charge in [0.2, 0.25) is 0 Å². The van der Waals surface area contributed by atoms with Gasteiger partial charge in [0, 0.05) is 24.1 Å². The van der Waals surface area contributed by atoms with Crippen LogP contribution in [0.1, 0.15) is 59.3 Å². The lowest BCUT2D eigenvalue weighted by Gasteiger charge is -2.15. The highest BCUT2D eigenvalue weighted by atomic mass is 16.5. The predicted octanol–water partition coefficient (Wildman–Crippen LogP) is 7.79. The Morgan fingerprint density at radius 3 is 1.54 bits per heavy atom. The van der Waals surface area contributed by atoms with Crippen molar-refractivity contribution < 1.29 is 29.2 Å². The van der Waals surface area contributed by atoms with E-state index in [-0.39, 0.29) is 29.0 Å². The zero-order chi connectivity index (χ0) is 32.7. The summed E-state index contributed by atoms with van der Waals surface area (Å²) >= 11 is 0. The molecule has 0 saturated heterocycles. The number of unbranched alkanes of at least 4 members (excludes halogenated alkanes) is 3. The van der Waals surface area contributed by atoms with E-state index >= 15 is 0 Å². The third kappa shape index (κ3) is 9.06. The van der Waals surface area contributed by atoms with Crippen LogP contribution in [0, 0.1) is 24.4 Å². The SMILES string of the molecule is C#CC#COc1ccc(-c2nc(-c3ccc(OCCCC)cc3O)nc(-c3ccc(OCCCC)cc3O)n2)c(OCCCC)c1. The van der Waals surface area contributed by atoms with Crippen LogP contribution in [0.5, 0.6) is 34.5 Å². The van der Waals surface area contributed by atoms with Crippen LogP contribution in [0.25, 0.3) is 34.2 Å². The van der Waals surface area contributed by atoms with Gasteiger partial charge in [-0.3, -0.25) is 0 Å². The van der Waals surface area contributed by atoms with Gasteiger partial charge in [0.25, 0.3) is 0 Å². The zero-order valence-electron chi connectivity index (χ0n) is 26.5. The number of aromatic nitrogens is 3. The van der Waals surface area contributed by atoms with E-state index in [0.29, 0.717) is 59.5 Å². The molecule has 9 heteroatoms. The molecule has 1 aromatic heterocycles. The van der Waals surface area contributed by atoms with Crippen LogP contribution < -0.4 is 18.9 Å². The standard InChI is InChI=1S/C37H39N3O6/c1-5-9-19-43-26-13-16-29(32(41)23-26)35-38-36(30-17-14-27(24-33(30)42)44-20-10-6-2)40-37(39-35)31-18-15-28(45-21-11-7-3)25-34(31)46-22-12-8-4/h3,13-18,23-25,41-42H,5-6,8-10,12,19-20,22H2,1-2,4H3. The quantitative estimate of drug-likeness (QED) is 0.0955. The zero-order valence-corrected chi connectivity index (χ0v) is 26.5. The second-order valence-electron chi connectivity index (χ2n) is 10.4. The van der Waals surface area contributed by atoms with Gasteiger partial charge in [-0.1, -0.05) is 40.0 Å². The minimum Gasteiger partial charge on any atom is -0.507 e. The molecular formula is C37H39N3O6. The molecule has 46 heavy (non-hydrogen) atoms. The largest absolute Gasteiger partial charge is 0.507 e. The van der Waals surface area contributed by atoms with Crippen molar-refractivity contribution in [1.82, 2.24) is 15.0 Å². The number of hydrogen-bond donors (Lipinski definition) is 2. The summed E-state index contributed by atoms with van der Waals surface area (Å²) in [6, 6.07) is 15.1. The molecule has 3 aromatic carbocycles. The molecule has 0 spiro atoms. The van der Waals surface area contributed by atoms with Crippen LogP contribution in [0.4, 0.5) is 0 Å². The van der Waals surface area contributed by atoms with Crippen molar-refractivity contribution in [2.45, 2.75) is 59.3 Å². The van der Waals surface area contributed by atoms with Gasteiger partial charge in [0.05, 0.1) is 36.5 Å². The maximum atomic E-state index is 11.0. The first-order chi connectivity index (χ1) is 22.5. The summed E-state index contributed by atoms with van der Waals surface area (Å²) in [5.41, 5.74) is 1.28. The van der Waals surface area contributed by atoms with E-state index in [2.05, 4.69) is 43.7 Å². The third-order valence-corrected chi connectivity index (χ3v) is 6.83. The number of phenols is 2. The molecule has 0 aliphatic rings. The molecule has 9 nitrogen and oxygen atoms in total. The summed E-state index contributed by atoms with van der Waals surface area (Å²) in [6.07, 6.45) is 13.2. The Balaban J connectivity index is 1.83. The minimum atomic E-state index is -0.0590. The number of phenolic OH excluding ortho intramolecular Hbond substituents is 2. The van der Waals surface area contributed by atoms with Crippen LogP contribution >= 0.6 is 0 Å². The molecule has 0 fully saturated rings. The summed E-state index contributed by atoms with van der Waals surface area (Å²) in [5, 5.41) is 22.1. The van der Waals surface area contributed by atoms with Gasteiger partial charge in [0.1, 0.15) is 40.6 Å². The maximum absolute atomic E-state index is 11.0. The lowest BCUT2D eigenvalue weighted by atomic mass is 10.1. The van der Waals surface area contributed by atoms with E-state index in [1.165, 1.54) is 12.1 Å². The van der Waals surface area contributed by atoms with Gasteiger partial charge in [-0.2, -0.15) is 0 Å². The van der Waals surface area contributed by atoms with Crippen LogP contribution in [0.3, 0.4) is 0 Å². The van der Waals surface area contributed by atoms with Gasteiger partial charge in [-0.25, -0.2) is 15.0 Å². The monoisotopic (exact) mass is 621 g/mol. The van der Waals surface area contributed by atoms with E-state index in [0.717, 1.165) is 38.5 Å². The first-order valence-electron chi connectivity index (χ1n) is 15.5. The van der Waals surface area contributed by atoms with Crippen LogP contribution in [-0.2, 0) is 0 Å². The fraction of sp³-hybridized carbons (Fsp3) is 0.324. The van der Waals surface area contributed by atoms with Gasteiger partial charge in [-0.15, -0.1) is 6.42 Å². The van der Waals surface area contributed by atoms with E-state index in [9.17, 15) is 10.2 Å². The molecule has 1 heterocycles. The highest BCUT2D eigenvalue weighted by Gasteiger charge is 2.20. The van der Waals surface area contributed by atoms with Crippen molar-refractivity contribution in [1.29, 1.82) is 0 Å². The summed E-state index contributed by atoms with van der Waals surface area (Å²) in [5.74, 6) is 7.15. The second-order valence-corrected chi connectivity index (χ2v) is 10.4.